The summed E-state index contributed by atoms with van der Waals surface area (Å²) in [5, 5.41) is 0.672. The molecule has 4 rings (SSSR count). The number of para-hydroxylation sites is 1. The second-order valence-corrected chi connectivity index (χ2v) is 7.50. The van der Waals surface area contributed by atoms with Gasteiger partial charge in [-0.25, -0.2) is 13.9 Å². The van der Waals surface area contributed by atoms with Crippen molar-refractivity contribution in [2.45, 2.75) is 13.8 Å². The van der Waals surface area contributed by atoms with E-state index in [1.807, 2.05) is 68.4 Å². The first-order valence-electron chi connectivity index (χ1n) is 7.13. The molecule has 2 heterocycles. The minimum Gasteiger partial charge on any atom is -0.425 e. The molecule has 3 aromatic rings. The summed E-state index contributed by atoms with van der Waals surface area (Å²) < 4.78 is 21.5. The minimum atomic E-state index is -3.25. The van der Waals surface area contributed by atoms with Gasteiger partial charge in [0.1, 0.15) is 5.75 Å². The summed E-state index contributed by atoms with van der Waals surface area (Å²) in [4.78, 5) is 4.62. The van der Waals surface area contributed by atoms with Crippen molar-refractivity contribution in [2.24, 2.45) is 0 Å². The van der Waals surface area contributed by atoms with Crippen LogP contribution in [0.4, 0.5) is 0 Å². The van der Waals surface area contributed by atoms with E-state index in [0.29, 0.717) is 16.9 Å². The lowest BCUT2D eigenvalue weighted by Gasteiger charge is -2.29. The number of nitrogens with zero attached hydrogens (tertiary/aromatic N) is 2. The Balaban J connectivity index is 2.08. The number of benzene rings is 2. The molecule has 0 bridgehead atoms. The first kappa shape index (κ1) is 13.4. The van der Waals surface area contributed by atoms with Crippen molar-refractivity contribution in [3.05, 3.63) is 66.0 Å². The Morgan fingerprint density at radius 3 is 2.45 bits per heavy atom. The monoisotopic (exact) mass is 310 g/mol. The number of aromatic nitrogens is 2. The number of fused-ring (bicyclic) bond motifs is 3. The zero-order valence-electron chi connectivity index (χ0n) is 12.4. The van der Waals surface area contributed by atoms with E-state index < -0.39 is 7.52 Å². The van der Waals surface area contributed by atoms with Crippen LogP contribution < -0.4 is 9.83 Å². The summed E-state index contributed by atoms with van der Waals surface area (Å²) in [6, 6.07) is 16.9. The van der Waals surface area contributed by atoms with Crippen LogP contribution in [0, 0.1) is 13.8 Å². The van der Waals surface area contributed by atoms with E-state index in [1.165, 1.54) is 0 Å². The highest BCUT2D eigenvalue weighted by molar-refractivity contribution is 7.66. The van der Waals surface area contributed by atoms with E-state index >= 15 is 0 Å². The van der Waals surface area contributed by atoms with Gasteiger partial charge in [-0.2, -0.15) is 0 Å². The van der Waals surface area contributed by atoms with Crippen molar-refractivity contribution in [1.29, 1.82) is 0 Å². The van der Waals surface area contributed by atoms with E-state index in [9.17, 15) is 4.57 Å². The van der Waals surface area contributed by atoms with Crippen LogP contribution in [0.25, 0.3) is 11.4 Å². The van der Waals surface area contributed by atoms with Crippen LogP contribution >= 0.6 is 7.52 Å². The van der Waals surface area contributed by atoms with E-state index in [2.05, 4.69) is 4.98 Å². The molecule has 110 valence electrons. The molecule has 0 aliphatic carbocycles. The standard InChI is InChI=1S/C17H15N2O2P/c1-12-13(2)19-17(18-12)15-10-6-7-11-16(15)21-22(19,20)14-8-4-3-5-9-14/h3-11H,1-2H3. The summed E-state index contributed by atoms with van der Waals surface area (Å²) in [5.74, 6) is 1.33. The van der Waals surface area contributed by atoms with Gasteiger partial charge >= 0.3 is 7.52 Å². The van der Waals surface area contributed by atoms with Gasteiger partial charge in [-0.1, -0.05) is 30.3 Å². The van der Waals surface area contributed by atoms with Gasteiger partial charge in [0.2, 0.25) is 0 Å². The van der Waals surface area contributed by atoms with E-state index in [1.54, 1.807) is 4.34 Å². The number of imidazole rings is 1. The number of rotatable bonds is 1. The molecule has 1 atom stereocenters. The molecule has 1 unspecified atom stereocenters. The third-order valence-corrected chi connectivity index (χ3v) is 6.42. The summed E-state index contributed by atoms with van der Waals surface area (Å²) in [6.07, 6.45) is 0. The fourth-order valence-corrected chi connectivity index (χ4v) is 5.12. The van der Waals surface area contributed by atoms with Gasteiger partial charge < -0.3 is 4.52 Å². The van der Waals surface area contributed by atoms with E-state index in [-0.39, 0.29) is 0 Å². The molecule has 0 amide bonds. The predicted octanol–water partition coefficient (Wildman–Crippen LogP) is 3.93. The average molecular weight is 310 g/mol. The van der Waals surface area contributed by atoms with Gasteiger partial charge in [0, 0.05) is 5.69 Å². The number of hydrogen-bond acceptors (Lipinski definition) is 3. The van der Waals surface area contributed by atoms with Crippen LogP contribution in [0.3, 0.4) is 0 Å². The smallest absolute Gasteiger partial charge is 0.379 e. The number of hydrogen-bond donors (Lipinski definition) is 0. The lowest BCUT2D eigenvalue weighted by atomic mass is 10.2. The van der Waals surface area contributed by atoms with E-state index in [4.69, 9.17) is 4.52 Å². The lowest BCUT2D eigenvalue weighted by Crippen LogP contribution is -2.21. The highest BCUT2D eigenvalue weighted by Gasteiger charge is 2.39. The topological polar surface area (TPSA) is 44.1 Å². The van der Waals surface area contributed by atoms with Gasteiger partial charge in [0.15, 0.2) is 5.82 Å². The highest BCUT2D eigenvalue weighted by Crippen LogP contribution is 2.56. The van der Waals surface area contributed by atoms with Crippen molar-refractivity contribution in [3.8, 4) is 17.1 Å². The highest BCUT2D eigenvalue weighted by atomic mass is 31.2. The van der Waals surface area contributed by atoms with Gasteiger partial charge in [0.25, 0.3) is 0 Å². The normalized spacial score (nSPS) is 19.2. The summed E-state index contributed by atoms with van der Waals surface area (Å²) in [7, 11) is -3.25. The minimum absolute atomic E-state index is 0.618. The van der Waals surface area contributed by atoms with Gasteiger partial charge in [0.05, 0.1) is 16.6 Å². The average Bonchev–Trinajstić information content (AvgIpc) is 2.85. The molecule has 0 N–H and O–H groups in total. The van der Waals surface area contributed by atoms with Crippen LogP contribution in [0.15, 0.2) is 54.6 Å². The Labute approximate surface area is 128 Å². The van der Waals surface area contributed by atoms with Crippen LogP contribution in [-0.2, 0) is 4.57 Å². The number of aryl methyl sites for hydroxylation is 1. The quantitative estimate of drug-likeness (QED) is 0.640. The van der Waals surface area contributed by atoms with Crippen molar-refractivity contribution in [2.75, 3.05) is 0 Å². The molecule has 2 aromatic carbocycles. The summed E-state index contributed by atoms with van der Waals surface area (Å²) in [5.41, 5.74) is 2.62. The summed E-state index contributed by atoms with van der Waals surface area (Å²) >= 11 is 0. The fraction of sp³-hybridized carbons (Fsp3) is 0.118. The molecule has 0 fully saturated rings. The molecule has 0 spiro atoms. The van der Waals surface area contributed by atoms with Gasteiger partial charge in [-0.05, 0) is 38.1 Å². The van der Waals surface area contributed by atoms with Gasteiger partial charge in [-0.3, -0.25) is 0 Å². The van der Waals surface area contributed by atoms with E-state index in [0.717, 1.165) is 17.0 Å². The van der Waals surface area contributed by atoms with Crippen LogP contribution in [0.1, 0.15) is 11.4 Å². The molecule has 4 nitrogen and oxygen atoms in total. The largest absolute Gasteiger partial charge is 0.425 e. The van der Waals surface area contributed by atoms with Crippen molar-refractivity contribution >= 4 is 12.8 Å². The molecule has 1 aliphatic heterocycles. The Morgan fingerprint density at radius 1 is 1.00 bits per heavy atom. The first-order chi connectivity index (χ1) is 10.6. The maximum Gasteiger partial charge on any atom is 0.379 e. The van der Waals surface area contributed by atoms with Crippen LogP contribution in [0.2, 0.25) is 0 Å². The Kier molecular flexibility index (Phi) is 2.78. The molecule has 22 heavy (non-hydrogen) atoms. The molecule has 1 aromatic heterocycles. The molecule has 1 aliphatic rings. The zero-order valence-corrected chi connectivity index (χ0v) is 13.2. The Hall–Kier alpha value is -2.32. The molecule has 0 saturated carbocycles. The van der Waals surface area contributed by atoms with Crippen LogP contribution in [-0.4, -0.2) is 9.32 Å². The Morgan fingerprint density at radius 2 is 1.68 bits per heavy atom. The first-order valence-corrected chi connectivity index (χ1v) is 8.70. The zero-order chi connectivity index (χ0) is 15.3. The Bertz CT molecular complexity index is 916. The van der Waals surface area contributed by atoms with Crippen LogP contribution in [0.5, 0.6) is 5.75 Å². The molecular formula is C17H15N2O2P. The molecule has 0 saturated heterocycles. The second kappa shape index (κ2) is 4.59. The van der Waals surface area contributed by atoms with Gasteiger partial charge in [-0.15, -0.1) is 0 Å². The van der Waals surface area contributed by atoms with Crippen molar-refractivity contribution in [1.82, 2.24) is 9.32 Å². The van der Waals surface area contributed by atoms with Crippen molar-refractivity contribution < 1.29 is 9.09 Å². The maximum atomic E-state index is 13.8. The SMILES string of the molecule is Cc1nc2n(c1C)P(=O)(c1ccccc1)Oc1ccccc1-2. The second-order valence-electron chi connectivity index (χ2n) is 5.36. The maximum absolute atomic E-state index is 13.8. The lowest BCUT2D eigenvalue weighted by molar-refractivity contribution is 0.477. The summed E-state index contributed by atoms with van der Waals surface area (Å²) in [6.45, 7) is 3.86. The third kappa shape index (κ3) is 1.71. The molecule has 5 heteroatoms. The molecular weight excluding hydrogens is 295 g/mol. The third-order valence-electron chi connectivity index (χ3n) is 4.01. The predicted molar refractivity (Wildman–Crippen MR) is 86.8 cm³/mol. The van der Waals surface area contributed by atoms with Crippen molar-refractivity contribution in [3.63, 3.8) is 0 Å². The molecule has 0 radical (unpaired) electrons. The fourth-order valence-electron chi connectivity index (χ4n) is 2.79.